The lowest BCUT2D eigenvalue weighted by atomic mass is 10.1. The van der Waals surface area contributed by atoms with Crippen LogP contribution in [0.5, 0.6) is 0 Å². The average molecular weight is 635 g/mol. The molecule has 2 bridgehead atoms. The summed E-state index contributed by atoms with van der Waals surface area (Å²) in [7, 11) is 0. The molecule has 0 spiro atoms. The van der Waals surface area contributed by atoms with Gasteiger partial charge in [0.05, 0.1) is 40.6 Å². The summed E-state index contributed by atoms with van der Waals surface area (Å²) in [5, 5.41) is 18.1. The summed E-state index contributed by atoms with van der Waals surface area (Å²) >= 11 is 0. The molecule has 2 amide bonds. The fourth-order valence-electron chi connectivity index (χ4n) is 4.92. The molecule has 1 atom stereocenters. The zero-order chi connectivity index (χ0) is 32.5. The van der Waals surface area contributed by atoms with Crippen molar-refractivity contribution in [1.82, 2.24) is 20.0 Å². The predicted octanol–water partition coefficient (Wildman–Crippen LogP) is 5.07. The summed E-state index contributed by atoms with van der Waals surface area (Å²) in [6.07, 6.45) is -7.08. The molecule has 0 saturated carbocycles. The van der Waals surface area contributed by atoms with Crippen LogP contribution in [-0.2, 0) is 17.5 Å². The Balaban J connectivity index is 0.000000515. The third-order valence-electron chi connectivity index (χ3n) is 7.01. The van der Waals surface area contributed by atoms with Crippen LogP contribution >= 0.6 is 0 Å². The number of nitrogens with zero attached hydrogens (tertiary/aromatic N) is 6. The second-order valence-corrected chi connectivity index (χ2v) is 10.0. The molecule has 4 aromatic rings. The number of anilines is 3. The number of carbonyl (C=O) groups is 2. The van der Waals surface area contributed by atoms with E-state index in [1.54, 1.807) is 46.1 Å². The maximum absolute atomic E-state index is 13.6. The number of hydrogen-bond donors (Lipinski definition) is 3. The van der Waals surface area contributed by atoms with E-state index in [0.29, 0.717) is 40.7 Å². The van der Waals surface area contributed by atoms with Gasteiger partial charge in [-0.2, -0.15) is 26.3 Å². The Bertz CT molecular complexity index is 1720. The minimum atomic E-state index is -5.08. The van der Waals surface area contributed by atoms with Gasteiger partial charge in [0, 0.05) is 30.9 Å². The summed E-state index contributed by atoms with van der Waals surface area (Å²) in [5.74, 6) is -2.33. The molecule has 2 aliphatic heterocycles. The van der Waals surface area contributed by atoms with Crippen LogP contribution in [0.15, 0.2) is 66.9 Å². The molecule has 2 aromatic carbocycles. The van der Waals surface area contributed by atoms with E-state index < -0.39 is 23.9 Å². The van der Waals surface area contributed by atoms with Gasteiger partial charge in [-0.1, -0.05) is 23.4 Å². The van der Waals surface area contributed by atoms with Gasteiger partial charge in [-0.25, -0.2) is 19.3 Å². The summed E-state index contributed by atoms with van der Waals surface area (Å²) in [5.41, 5.74) is 8.22. The molecule has 2 aliphatic rings. The molecule has 0 unspecified atom stereocenters. The predicted molar refractivity (Wildman–Crippen MR) is 150 cm³/mol. The first-order valence-corrected chi connectivity index (χ1v) is 13.3. The van der Waals surface area contributed by atoms with Gasteiger partial charge in [0.1, 0.15) is 0 Å². The number of fused-ring (bicyclic) bond motifs is 4. The quantitative estimate of drug-likeness (QED) is 0.264. The number of hydrogen-bond acceptors (Lipinski definition) is 7. The first-order chi connectivity index (χ1) is 21.2. The molecule has 0 aliphatic carbocycles. The van der Waals surface area contributed by atoms with E-state index in [1.807, 2.05) is 12.1 Å². The Morgan fingerprint density at radius 1 is 1.02 bits per heavy atom. The highest BCUT2D eigenvalue weighted by Crippen LogP contribution is 2.41. The number of aromatic nitrogens is 4. The highest BCUT2D eigenvalue weighted by Gasteiger charge is 2.41. The monoisotopic (exact) mass is 634 g/mol. The zero-order valence-corrected chi connectivity index (χ0v) is 23.0. The molecule has 1 saturated heterocycles. The Labute approximate surface area is 250 Å². The van der Waals surface area contributed by atoms with E-state index >= 15 is 0 Å². The topological polar surface area (TPSA) is 142 Å². The van der Waals surface area contributed by atoms with Crippen molar-refractivity contribution in [3.05, 3.63) is 78.1 Å². The molecular weight excluding hydrogens is 610 g/mol. The fraction of sp³-hybridized carbons (Fsp3) is 0.250. The number of alkyl halides is 6. The SMILES string of the molecule is NCc1cn(-c2cccc(NC(=O)N3c4nc(-c5cccc(C(F)(F)F)c5)ccc4N4CC[C@H]3C4)c2)nn1.O=C(O)C(F)(F)F. The van der Waals surface area contributed by atoms with Crippen molar-refractivity contribution in [1.29, 1.82) is 0 Å². The van der Waals surface area contributed by atoms with Crippen molar-refractivity contribution < 1.29 is 41.0 Å². The van der Waals surface area contributed by atoms with Crippen LogP contribution in [0, 0.1) is 0 Å². The highest BCUT2D eigenvalue weighted by atomic mass is 19.4. The van der Waals surface area contributed by atoms with Crippen LogP contribution in [-0.4, -0.2) is 62.4 Å². The maximum Gasteiger partial charge on any atom is 0.490 e. The van der Waals surface area contributed by atoms with Crippen LogP contribution in [0.4, 0.5) is 48.3 Å². The van der Waals surface area contributed by atoms with Gasteiger partial charge in [0.2, 0.25) is 0 Å². The van der Waals surface area contributed by atoms with Gasteiger partial charge in [0.15, 0.2) is 5.82 Å². The number of pyridine rings is 1. The van der Waals surface area contributed by atoms with Gasteiger partial charge in [-0.3, -0.25) is 4.90 Å². The molecule has 236 valence electrons. The highest BCUT2D eigenvalue weighted by molar-refractivity contribution is 6.05. The van der Waals surface area contributed by atoms with Crippen molar-refractivity contribution in [3.63, 3.8) is 0 Å². The number of carboxylic acid groups (broad SMARTS) is 1. The Morgan fingerprint density at radius 3 is 2.42 bits per heavy atom. The van der Waals surface area contributed by atoms with E-state index in [0.717, 1.165) is 30.8 Å². The molecule has 17 heteroatoms. The van der Waals surface area contributed by atoms with Crippen LogP contribution in [0.1, 0.15) is 17.7 Å². The molecule has 4 N–H and O–H groups in total. The van der Waals surface area contributed by atoms with Crippen LogP contribution in [0.25, 0.3) is 16.9 Å². The zero-order valence-electron chi connectivity index (χ0n) is 23.0. The van der Waals surface area contributed by atoms with Crippen LogP contribution in [0.2, 0.25) is 0 Å². The van der Waals surface area contributed by atoms with Gasteiger partial charge in [0.25, 0.3) is 0 Å². The number of urea groups is 1. The van der Waals surface area contributed by atoms with E-state index in [1.165, 1.54) is 6.07 Å². The number of carboxylic acids is 1. The standard InChI is InChI=1S/C26H23F3N8O.C2HF3O2/c27-26(28,29)17-4-1-3-16(11-17)22-7-8-23-24(32-22)37(21-9-10-35(23)15-21)25(38)31-18-5-2-6-20(12-18)36-14-19(13-30)33-34-36;3-2(4,5)1(6)7/h1-8,11-12,14,21H,9-10,13,15,30H2,(H,31,38);(H,6,7)/t21-;/m0./s1. The number of aliphatic carboxylic acids is 1. The number of nitrogens with one attached hydrogen (secondary N) is 1. The molecule has 1 fully saturated rings. The van der Waals surface area contributed by atoms with Gasteiger partial charge < -0.3 is 21.1 Å². The number of amides is 2. The van der Waals surface area contributed by atoms with Gasteiger partial charge in [-0.15, -0.1) is 5.10 Å². The number of carbonyl (C=O) groups excluding carboxylic acids is 1. The summed E-state index contributed by atoms with van der Waals surface area (Å²) in [6.45, 7) is 1.68. The maximum atomic E-state index is 13.6. The summed E-state index contributed by atoms with van der Waals surface area (Å²) < 4.78 is 73.2. The van der Waals surface area contributed by atoms with Crippen molar-refractivity contribution in [2.24, 2.45) is 5.73 Å². The molecular formula is C28H24F6N8O3. The first kappa shape index (κ1) is 31.2. The largest absolute Gasteiger partial charge is 0.490 e. The normalized spacial score (nSPS) is 15.7. The molecule has 6 rings (SSSR count). The Hall–Kier alpha value is -5.19. The lowest BCUT2D eigenvalue weighted by Gasteiger charge is -2.36. The van der Waals surface area contributed by atoms with Crippen molar-refractivity contribution >= 4 is 29.2 Å². The number of benzene rings is 2. The second kappa shape index (κ2) is 12.1. The van der Waals surface area contributed by atoms with E-state index in [-0.39, 0.29) is 18.6 Å². The Kier molecular flexibility index (Phi) is 8.38. The molecule has 0 radical (unpaired) electrons. The smallest absolute Gasteiger partial charge is 0.475 e. The molecule has 45 heavy (non-hydrogen) atoms. The lowest BCUT2D eigenvalue weighted by molar-refractivity contribution is -0.192. The molecule has 11 nitrogen and oxygen atoms in total. The fourth-order valence-corrected chi connectivity index (χ4v) is 4.92. The number of rotatable bonds is 4. The van der Waals surface area contributed by atoms with Crippen molar-refractivity contribution in [3.8, 4) is 16.9 Å². The van der Waals surface area contributed by atoms with E-state index in [4.69, 9.17) is 20.6 Å². The van der Waals surface area contributed by atoms with Gasteiger partial charge >= 0.3 is 24.4 Å². The number of nitrogens with two attached hydrogens (primary N) is 1. The van der Waals surface area contributed by atoms with Gasteiger partial charge in [-0.05, 0) is 48.9 Å². The first-order valence-electron chi connectivity index (χ1n) is 13.3. The lowest BCUT2D eigenvalue weighted by Crippen LogP contribution is -2.48. The van der Waals surface area contributed by atoms with E-state index in [2.05, 4.69) is 20.5 Å². The third kappa shape index (κ3) is 6.82. The molecule has 4 heterocycles. The number of halogens is 6. The third-order valence-corrected chi connectivity index (χ3v) is 7.01. The molecule has 2 aromatic heterocycles. The van der Waals surface area contributed by atoms with Crippen LogP contribution < -0.4 is 20.9 Å². The average Bonchev–Trinajstić information content (AvgIpc) is 3.65. The second-order valence-electron chi connectivity index (χ2n) is 10.0. The van der Waals surface area contributed by atoms with Crippen molar-refractivity contribution in [2.45, 2.75) is 31.4 Å². The Morgan fingerprint density at radius 2 is 1.76 bits per heavy atom. The summed E-state index contributed by atoms with van der Waals surface area (Å²) in [4.78, 5) is 31.0. The minimum absolute atomic E-state index is 0.114. The summed E-state index contributed by atoms with van der Waals surface area (Å²) in [6, 6.07) is 15.2. The van der Waals surface area contributed by atoms with Crippen molar-refractivity contribution in [2.75, 3.05) is 28.2 Å². The van der Waals surface area contributed by atoms with E-state index in [9.17, 15) is 31.1 Å². The van der Waals surface area contributed by atoms with Crippen LogP contribution in [0.3, 0.4) is 0 Å². The minimum Gasteiger partial charge on any atom is -0.475 e.